The van der Waals surface area contributed by atoms with E-state index in [1.165, 1.54) is 13.8 Å². The molecule has 3 aromatic carbocycles. The minimum Gasteiger partial charge on any atom is -0.337 e. The molecule has 36 heavy (non-hydrogen) atoms. The highest BCUT2D eigenvalue weighted by Gasteiger charge is 2.26. The Balaban J connectivity index is 1.83. The van der Waals surface area contributed by atoms with Crippen molar-refractivity contribution >= 4 is 57.0 Å². The van der Waals surface area contributed by atoms with E-state index in [2.05, 4.69) is 20.6 Å². The van der Waals surface area contributed by atoms with Crippen molar-refractivity contribution in [2.45, 2.75) is 13.8 Å². The standard InChI is InChI=1S/C24H18N6O6/c1-13(31)15-3-7-17(8-4-15)25-23-24(26-18-9-5-16(6-10-18)14(2)32)28-20-12-22(30(35)36)21(29(33)34)11-19(20)27-23/h3-12H,1-2H3,(H,25,27)(H,26,28). The third kappa shape index (κ3) is 4.97. The van der Waals surface area contributed by atoms with Crippen LogP contribution in [0.4, 0.5) is 34.4 Å². The smallest absolute Gasteiger partial charge is 0.337 e. The average molecular weight is 486 g/mol. The summed E-state index contributed by atoms with van der Waals surface area (Å²) in [6.07, 6.45) is 0. The molecule has 4 rings (SSSR count). The second-order valence-corrected chi connectivity index (χ2v) is 7.78. The number of carbonyl (C=O) groups excluding carboxylic acids is 2. The molecule has 2 N–H and O–H groups in total. The van der Waals surface area contributed by atoms with Crippen molar-refractivity contribution in [3.63, 3.8) is 0 Å². The van der Waals surface area contributed by atoms with Crippen molar-refractivity contribution in [3.05, 3.63) is 92.0 Å². The number of hydrogen-bond acceptors (Lipinski definition) is 10. The summed E-state index contributed by atoms with van der Waals surface area (Å²) < 4.78 is 0. The summed E-state index contributed by atoms with van der Waals surface area (Å²) in [5.41, 5.74) is 0.840. The van der Waals surface area contributed by atoms with Gasteiger partial charge in [0.2, 0.25) is 0 Å². The highest BCUT2D eigenvalue weighted by atomic mass is 16.6. The largest absolute Gasteiger partial charge is 0.348 e. The lowest BCUT2D eigenvalue weighted by atomic mass is 10.1. The lowest BCUT2D eigenvalue weighted by molar-refractivity contribution is -0.422. The summed E-state index contributed by atoms with van der Waals surface area (Å²) in [5, 5.41) is 28.9. The molecule has 1 heterocycles. The Morgan fingerprint density at radius 3 is 1.28 bits per heavy atom. The second kappa shape index (κ2) is 9.54. The van der Waals surface area contributed by atoms with Gasteiger partial charge in [-0.05, 0) is 62.4 Å². The summed E-state index contributed by atoms with van der Waals surface area (Å²) in [7, 11) is 0. The molecular formula is C24H18N6O6. The summed E-state index contributed by atoms with van der Waals surface area (Å²) in [6, 6.07) is 15.1. The Morgan fingerprint density at radius 2 is 1.00 bits per heavy atom. The van der Waals surface area contributed by atoms with Crippen molar-refractivity contribution in [3.8, 4) is 0 Å². The molecule has 180 valence electrons. The van der Waals surface area contributed by atoms with E-state index in [4.69, 9.17) is 0 Å². The normalized spacial score (nSPS) is 10.6. The maximum absolute atomic E-state index is 11.6. The van der Waals surface area contributed by atoms with E-state index in [9.17, 15) is 29.8 Å². The number of carbonyl (C=O) groups is 2. The van der Waals surface area contributed by atoms with E-state index < -0.39 is 21.2 Å². The zero-order chi connectivity index (χ0) is 26.0. The van der Waals surface area contributed by atoms with Crippen LogP contribution in [0.15, 0.2) is 60.7 Å². The fourth-order valence-electron chi connectivity index (χ4n) is 3.40. The van der Waals surface area contributed by atoms with Crippen LogP contribution in [0.25, 0.3) is 11.0 Å². The van der Waals surface area contributed by atoms with Gasteiger partial charge in [0.15, 0.2) is 23.2 Å². The number of ketones is 2. The Labute approximate surface area is 203 Å². The first kappa shape index (κ1) is 23.9. The van der Waals surface area contributed by atoms with E-state index >= 15 is 0 Å². The number of nitro groups is 2. The van der Waals surface area contributed by atoms with Gasteiger partial charge in [-0.3, -0.25) is 29.8 Å². The maximum atomic E-state index is 11.6. The van der Waals surface area contributed by atoms with Crippen LogP contribution in [0.2, 0.25) is 0 Å². The van der Waals surface area contributed by atoms with Crippen molar-refractivity contribution in [2.75, 3.05) is 10.6 Å². The van der Waals surface area contributed by atoms with Gasteiger partial charge >= 0.3 is 11.4 Å². The molecule has 12 nitrogen and oxygen atoms in total. The molecule has 1 aromatic heterocycles. The predicted molar refractivity (Wildman–Crippen MR) is 132 cm³/mol. The van der Waals surface area contributed by atoms with Crippen LogP contribution < -0.4 is 10.6 Å². The van der Waals surface area contributed by atoms with Crippen molar-refractivity contribution in [2.24, 2.45) is 0 Å². The molecule has 4 aromatic rings. The summed E-state index contributed by atoms with van der Waals surface area (Å²) in [4.78, 5) is 53.1. The van der Waals surface area contributed by atoms with Gasteiger partial charge in [-0.1, -0.05) is 0 Å². The van der Waals surface area contributed by atoms with Crippen LogP contribution in [0.5, 0.6) is 0 Å². The number of Topliss-reactive ketones (excluding diaryl/α,β-unsaturated/α-hetero) is 2. The number of rotatable bonds is 8. The lowest BCUT2D eigenvalue weighted by Crippen LogP contribution is -2.05. The first-order chi connectivity index (χ1) is 17.1. The first-order valence-corrected chi connectivity index (χ1v) is 10.5. The van der Waals surface area contributed by atoms with Gasteiger partial charge in [-0.2, -0.15) is 0 Å². The number of fused-ring (bicyclic) bond motifs is 1. The summed E-state index contributed by atoms with van der Waals surface area (Å²) in [6.45, 7) is 2.89. The molecule has 0 aliphatic rings. The van der Waals surface area contributed by atoms with Crippen LogP contribution >= 0.6 is 0 Å². The number of nitro benzene ring substituents is 2. The van der Waals surface area contributed by atoms with E-state index in [0.717, 1.165) is 12.1 Å². The van der Waals surface area contributed by atoms with Crippen molar-refractivity contribution < 1.29 is 19.4 Å². The number of benzene rings is 3. The number of hydrogen-bond donors (Lipinski definition) is 2. The highest BCUT2D eigenvalue weighted by molar-refractivity contribution is 5.95. The molecule has 0 aliphatic carbocycles. The van der Waals surface area contributed by atoms with Gasteiger partial charge < -0.3 is 10.6 Å². The first-order valence-electron chi connectivity index (χ1n) is 10.5. The fourth-order valence-corrected chi connectivity index (χ4v) is 3.40. The SMILES string of the molecule is CC(=O)c1ccc(Nc2nc3cc([N+](=O)[O-])c([N+](=O)[O-])cc3nc2Nc2ccc(C(C)=O)cc2)cc1. The second-order valence-electron chi connectivity index (χ2n) is 7.78. The fraction of sp³-hybridized carbons (Fsp3) is 0.0833. The molecule has 12 heteroatoms. The van der Waals surface area contributed by atoms with E-state index in [0.29, 0.717) is 22.5 Å². The third-order valence-corrected chi connectivity index (χ3v) is 5.26. The van der Waals surface area contributed by atoms with Gasteiger partial charge in [0.1, 0.15) is 0 Å². The maximum Gasteiger partial charge on any atom is 0.348 e. The Morgan fingerprint density at radius 1 is 0.667 bits per heavy atom. The summed E-state index contributed by atoms with van der Waals surface area (Å²) in [5.74, 6) is 0.156. The Kier molecular flexibility index (Phi) is 6.33. The van der Waals surface area contributed by atoms with E-state index in [1.54, 1.807) is 48.5 Å². The molecular weight excluding hydrogens is 468 g/mol. The van der Waals surface area contributed by atoms with Crippen molar-refractivity contribution in [1.29, 1.82) is 0 Å². The number of nitrogens with one attached hydrogen (secondary N) is 2. The zero-order valence-corrected chi connectivity index (χ0v) is 19.0. The predicted octanol–water partition coefficient (Wildman–Crippen LogP) is 5.34. The molecule has 0 saturated heterocycles. The molecule has 0 unspecified atom stereocenters. The Bertz CT molecular complexity index is 1420. The molecule has 0 saturated carbocycles. The lowest BCUT2D eigenvalue weighted by Gasteiger charge is -2.14. The van der Waals surface area contributed by atoms with E-state index in [-0.39, 0.29) is 34.2 Å². The van der Waals surface area contributed by atoms with Crippen LogP contribution in [0, 0.1) is 20.2 Å². The molecule has 0 bridgehead atoms. The third-order valence-electron chi connectivity index (χ3n) is 5.26. The minimum atomic E-state index is -0.852. The molecule has 0 atom stereocenters. The molecule has 0 amide bonds. The van der Waals surface area contributed by atoms with Crippen molar-refractivity contribution in [1.82, 2.24) is 9.97 Å². The van der Waals surface area contributed by atoms with Gasteiger partial charge in [-0.15, -0.1) is 0 Å². The molecule has 0 aliphatic heterocycles. The number of aromatic nitrogens is 2. The minimum absolute atomic E-state index is 0.0626. The Hall–Kier alpha value is -5.26. The molecule has 0 radical (unpaired) electrons. The monoisotopic (exact) mass is 486 g/mol. The quantitative estimate of drug-likeness (QED) is 0.188. The molecule has 0 fully saturated rings. The van der Waals surface area contributed by atoms with Crippen LogP contribution in [0.1, 0.15) is 34.6 Å². The van der Waals surface area contributed by atoms with Gasteiger partial charge in [0.05, 0.1) is 33.0 Å². The molecule has 0 spiro atoms. The number of anilines is 4. The number of nitrogens with zero attached hydrogens (tertiary/aromatic N) is 4. The van der Waals surface area contributed by atoms with Gasteiger partial charge in [0.25, 0.3) is 0 Å². The van der Waals surface area contributed by atoms with Gasteiger partial charge in [0, 0.05) is 22.5 Å². The zero-order valence-electron chi connectivity index (χ0n) is 19.0. The summed E-state index contributed by atoms with van der Waals surface area (Å²) >= 11 is 0. The van der Waals surface area contributed by atoms with Crippen LogP contribution in [-0.4, -0.2) is 31.4 Å². The van der Waals surface area contributed by atoms with E-state index in [1.807, 2.05) is 0 Å². The van der Waals surface area contributed by atoms with Crippen LogP contribution in [-0.2, 0) is 0 Å². The average Bonchev–Trinajstić information content (AvgIpc) is 2.84. The highest BCUT2D eigenvalue weighted by Crippen LogP contribution is 2.34. The van der Waals surface area contributed by atoms with Gasteiger partial charge in [-0.25, -0.2) is 9.97 Å². The topological polar surface area (TPSA) is 170 Å². The van der Waals surface area contributed by atoms with Crippen LogP contribution in [0.3, 0.4) is 0 Å².